The van der Waals surface area contributed by atoms with E-state index in [1.165, 1.54) is 0 Å². The van der Waals surface area contributed by atoms with Gasteiger partial charge < -0.3 is 15.3 Å². The summed E-state index contributed by atoms with van der Waals surface area (Å²) in [7, 11) is 0. The van der Waals surface area contributed by atoms with E-state index in [9.17, 15) is 9.59 Å². The highest BCUT2D eigenvalue weighted by Gasteiger charge is 2.27. The zero-order valence-corrected chi connectivity index (χ0v) is 9.03. The second-order valence-electron chi connectivity index (χ2n) is 3.83. The van der Waals surface area contributed by atoms with Gasteiger partial charge in [0, 0.05) is 26.1 Å². The number of nitrogens with one attached hydrogen (secondary N) is 1. The topological polar surface area (TPSA) is 69.6 Å². The Morgan fingerprint density at radius 1 is 1.53 bits per heavy atom. The van der Waals surface area contributed by atoms with Crippen LogP contribution in [0.25, 0.3) is 0 Å². The van der Waals surface area contributed by atoms with E-state index in [1.807, 2.05) is 11.8 Å². The highest BCUT2D eigenvalue weighted by atomic mass is 16.4. The molecule has 0 aromatic heterocycles. The first-order chi connectivity index (χ1) is 7.13. The molecule has 1 atom stereocenters. The minimum atomic E-state index is -0.726. The van der Waals surface area contributed by atoms with Gasteiger partial charge in [0.15, 0.2) is 0 Å². The quantitative estimate of drug-likeness (QED) is 0.671. The third-order valence-electron chi connectivity index (χ3n) is 2.65. The van der Waals surface area contributed by atoms with Gasteiger partial charge in [-0.15, -0.1) is 0 Å². The van der Waals surface area contributed by atoms with Crippen LogP contribution in [0.2, 0.25) is 0 Å². The Hall–Kier alpha value is -1.10. The van der Waals surface area contributed by atoms with Crippen molar-refractivity contribution in [3.8, 4) is 0 Å². The van der Waals surface area contributed by atoms with Crippen molar-refractivity contribution in [1.82, 2.24) is 10.2 Å². The van der Waals surface area contributed by atoms with Crippen molar-refractivity contribution in [2.45, 2.75) is 19.8 Å². The third-order valence-corrected chi connectivity index (χ3v) is 2.65. The summed E-state index contributed by atoms with van der Waals surface area (Å²) in [4.78, 5) is 23.9. The van der Waals surface area contributed by atoms with Gasteiger partial charge >= 0.3 is 5.97 Å². The smallest absolute Gasteiger partial charge is 0.307 e. The highest BCUT2D eigenvalue weighted by molar-refractivity contribution is 5.76. The summed E-state index contributed by atoms with van der Waals surface area (Å²) in [6.07, 6.45) is 1.16. The number of nitrogens with zero attached hydrogens (tertiary/aromatic N) is 1. The summed E-state index contributed by atoms with van der Waals surface area (Å²) in [6, 6.07) is 0. The van der Waals surface area contributed by atoms with Crippen molar-refractivity contribution in [2.75, 3.05) is 26.2 Å². The van der Waals surface area contributed by atoms with E-state index in [0.29, 0.717) is 32.5 Å². The molecule has 1 heterocycles. The van der Waals surface area contributed by atoms with Crippen molar-refractivity contribution >= 4 is 11.9 Å². The third kappa shape index (κ3) is 3.87. The van der Waals surface area contributed by atoms with Crippen molar-refractivity contribution in [3.63, 3.8) is 0 Å². The molecule has 1 unspecified atom stereocenters. The summed E-state index contributed by atoms with van der Waals surface area (Å²) in [5, 5.41) is 11.5. The molecule has 0 bridgehead atoms. The van der Waals surface area contributed by atoms with E-state index in [-0.39, 0.29) is 11.8 Å². The highest BCUT2D eigenvalue weighted by Crippen LogP contribution is 2.16. The summed E-state index contributed by atoms with van der Waals surface area (Å²) in [6.45, 7) is 4.56. The van der Waals surface area contributed by atoms with Crippen LogP contribution in [0.1, 0.15) is 19.8 Å². The second kappa shape index (κ2) is 5.70. The maximum Gasteiger partial charge on any atom is 0.307 e. The van der Waals surface area contributed by atoms with Gasteiger partial charge in [-0.1, -0.05) is 0 Å². The van der Waals surface area contributed by atoms with Crippen LogP contribution in [0.15, 0.2) is 0 Å². The molecule has 0 saturated carbocycles. The predicted molar refractivity (Wildman–Crippen MR) is 55.5 cm³/mol. The molecule has 5 nitrogen and oxygen atoms in total. The largest absolute Gasteiger partial charge is 0.481 e. The number of carbonyl (C=O) groups excluding carboxylic acids is 1. The van der Waals surface area contributed by atoms with E-state index in [1.54, 1.807) is 0 Å². The average molecular weight is 214 g/mol. The molecule has 1 rings (SSSR count). The summed E-state index contributed by atoms with van der Waals surface area (Å²) in [5.74, 6) is -0.939. The Bertz CT molecular complexity index is 243. The van der Waals surface area contributed by atoms with Gasteiger partial charge in [-0.25, -0.2) is 0 Å². The van der Waals surface area contributed by atoms with Gasteiger partial charge in [-0.05, 0) is 19.9 Å². The molecule has 86 valence electrons. The molecule has 2 N–H and O–H groups in total. The van der Waals surface area contributed by atoms with Crippen molar-refractivity contribution in [2.24, 2.45) is 5.92 Å². The van der Waals surface area contributed by atoms with Gasteiger partial charge in [0.05, 0.1) is 5.92 Å². The number of aliphatic carboxylic acids is 1. The zero-order valence-electron chi connectivity index (χ0n) is 9.03. The number of hydrogen-bond donors (Lipinski definition) is 2. The fraction of sp³-hybridized carbons (Fsp3) is 0.800. The first kappa shape index (κ1) is 12.0. The van der Waals surface area contributed by atoms with Crippen LogP contribution in [0.3, 0.4) is 0 Å². The predicted octanol–water partition coefficient (Wildman–Crippen LogP) is -0.0809. The van der Waals surface area contributed by atoms with Crippen molar-refractivity contribution < 1.29 is 14.7 Å². The fourth-order valence-electron chi connectivity index (χ4n) is 1.78. The van der Waals surface area contributed by atoms with E-state index in [4.69, 9.17) is 5.11 Å². The van der Waals surface area contributed by atoms with Gasteiger partial charge in [-0.3, -0.25) is 9.59 Å². The summed E-state index contributed by atoms with van der Waals surface area (Å²) < 4.78 is 0. The monoisotopic (exact) mass is 214 g/mol. The Morgan fingerprint density at radius 2 is 2.27 bits per heavy atom. The standard InChI is InChI=1S/C10H18N2O3/c1-2-11-9(13)4-6-12-5-3-8(7-12)10(14)15/h8H,2-7H2,1H3,(H,11,13)(H,14,15). The minimum Gasteiger partial charge on any atom is -0.481 e. The molecule has 1 saturated heterocycles. The Morgan fingerprint density at radius 3 is 2.80 bits per heavy atom. The van der Waals surface area contributed by atoms with E-state index in [2.05, 4.69) is 5.32 Å². The maximum atomic E-state index is 11.2. The lowest BCUT2D eigenvalue weighted by Crippen LogP contribution is -2.30. The lowest BCUT2D eigenvalue weighted by molar-refractivity contribution is -0.141. The number of amides is 1. The van der Waals surface area contributed by atoms with Crippen LogP contribution in [-0.2, 0) is 9.59 Å². The normalized spacial score (nSPS) is 21.5. The van der Waals surface area contributed by atoms with E-state index in [0.717, 1.165) is 6.54 Å². The molecule has 15 heavy (non-hydrogen) atoms. The van der Waals surface area contributed by atoms with Gasteiger partial charge in [0.2, 0.25) is 5.91 Å². The van der Waals surface area contributed by atoms with Crippen LogP contribution in [-0.4, -0.2) is 48.1 Å². The molecule has 5 heteroatoms. The molecule has 1 aliphatic heterocycles. The van der Waals surface area contributed by atoms with Crippen LogP contribution < -0.4 is 5.32 Å². The van der Waals surface area contributed by atoms with Crippen LogP contribution in [0.5, 0.6) is 0 Å². The summed E-state index contributed by atoms with van der Waals surface area (Å²) >= 11 is 0. The molecule has 0 radical (unpaired) electrons. The molecular formula is C10H18N2O3. The van der Waals surface area contributed by atoms with Gasteiger partial charge in [0.1, 0.15) is 0 Å². The van der Waals surface area contributed by atoms with E-state index < -0.39 is 5.97 Å². The number of carbonyl (C=O) groups is 2. The van der Waals surface area contributed by atoms with Gasteiger partial charge in [0.25, 0.3) is 0 Å². The molecule has 1 aliphatic rings. The molecule has 0 aromatic carbocycles. The molecule has 0 aromatic rings. The molecule has 1 amide bonds. The van der Waals surface area contributed by atoms with Crippen LogP contribution in [0.4, 0.5) is 0 Å². The number of rotatable bonds is 5. The van der Waals surface area contributed by atoms with Gasteiger partial charge in [-0.2, -0.15) is 0 Å². The van der Waals surface area contributed by atoms with E-state index >= 15 is 0 Å². The lowest BCUT2D eigenvalue weighted by atomic mass is 10.1. The maximum absolute atomic E-state index is 11.2. The molecule has 0 aliphatic carbocycles. The number of carboxylic acids is 1. The zero-order chi connectivity index (χ0) is 11.3. The Labute approximate surface area is 89.4 Å². The van der Waals surface area contributed by atoms with Crippen LogP contribution >= 0.6 is 0 Å². The number of carboxylic acid groups (broad SMARTS) is 1. The Kier molecular flexibility index (Phi) is 4.55. The molecule has 0 spiro atoms. The Balaban J connectivity index is 2.19. The van der Waals surface area contributed by atoms with Crippen molar-refractivity contribution in [3.05, 3.63) is 0 Å². The number of likely N-dealkylation sites (tertiary alicyclic amines) is 1. The van der Waals surface area contributed by atoms with Crippen molar-refractivity contribution in [1.29, 1.82) is 0 Å². The summed E-state index contributed by atoms with van der Waals surface area (Å²) in [5.41, 5.74) is 0. The minimum absolute atomic E-state index is 0.0382. The fourth-order valence-corrected chi connectivity index (χ4v) is 1.78. The lowest BCUT2D eigenvalue weighted by Gasteiger charge is -2.14. The first-order valence-electron chi connectivity index (χ1n) is 5.35. The van der Waals surface area contributed by atoms with Crippen LogP contribution in [0, 0.1) is 5.92 Å². The second-order valence-corrected chi connectivity index (χ2v) is 3.83. The SMILES string of the molecule is CCNC(=O)CCN1CCC(C(=O)O)C1. The molecular weight excluding hydrogens is 196 g/mol. The average Bonchev–Trinajstić information content (AvgIpc) is 2.63. The molecule has 1 fully saturated rings. The first-order valence-corrected chi connectivity index (χ1v) is 5.35. The number of hydrogen-bond acceptors (Lipinski definition) is 3.